The molecule has 6 nitrogen and oxygen atoms in total. The van der Waals surface area contributed by atoms with Crippen molar-refractivity contribution in [3.63, 3.8) is 0 Å². The molecule has 0 saturated heterocycles. The Morgan fingerprint density at radius 3 is 2.52 bits per heavy atom. The zero-order valence-electron chi connectivity index (χ0n) is 15.2. The standard InChI is InChI=1S/C22H16N4O2S/c27-21-19(29-22(28)25-21)15-10-8-14(9-11-15)13-26-18-7-2-1-5-16(18)24-20(26)17-6-3-4-12-23-17/h1-12,27H,13H2,(H,25,28). The van der Waals surface area contributed by atoms with Crippen molar-refractivity contribution >= 4 is 22.4 Å². The summed E-state index contributed by atoms with van der Waals surface area (Å²) in [5, 5.41) is 9.88. The van der Waals surface area contributed by atoms with E-state index in [9.17, 15) is 9.90 Å². The first-order valence-electron chi connectivity index (χ1n) is 9.07. The van der Waals surface area contributed by atoms with Crippen LogP contribution in [0.4, 0.5) is 0 Å². The minimum atomic E-state index is -0.272. The highest BCUT2D eigenvalue weighted by molar-refractivity contribution is 7.13. The minimum absolute atomic E-state index is 0.0919. The number of fused-ring (bicyclic) bond motifs is 1. The molecule has 0 radical (unpaired) electrons. The monoisotopic (exact) mass is 400 g/mol. The zero-order chi connectivity index (χ0) is 19.8. The summed E-state index contributed by atoms with van der Waals surface area (Å²) in [4.78, 5) is 23.4. The molecule has 0 spiro atoms. The average molecular weight is 400 g/mol. The van der Waals surface area contributed by atoms with E-state index in [1.165, 1.54) is 0 Å². The maximum atomic E-state index is 11.4. The summed E-state index contributed by atoms with van der Waals surface area (Å²) >= 11 is 0.996. The quantitative estimate of drug-likeness (QED) is 0.472. The van der Waals surface area contributed by atoms with E-state index in [-0.39, 0.29) is 10.8 Å². The van der Waals surface area contributed by atoms with Gasteiger partial charge >= 0.3 is 4.87 Å². The molecule has 0 aliphatic carbocycles. The first-order valence-corrected chi connectivity index (χ1v) is 9.89. The number of aromatic hydroxyl groups is 1. The summed E-state index contributed by atoms with van der Waals surface area (Å²) in [6, 6.07) is 21.6. The number of benzene rings is 2. The second-order valence-electron chi connectivity index (χ2n) is 6.61. The molecule has 0 unspecified atom stereocenters. The molecule has 0 bridgehead atoms. The molecule has 0 aliphatic rings. The van der Waals surface area contributed by atoms with Crippen LogP contribution in [0.25, 0.3) is 33.0 Å². The van der Waals surface area contributed by atoms with Crippen LogP contribution in [0.2, 0.25) is 0 Å². The third kappa shape index (κ3) is 3.21. The fourth-order valence-electron chi connectivity index (χ4n) is 3.39. The minimum Gasteiger partial charge on any atom is -0.493 e. The average Bonchev–Trinajstić information content (AvgIpc) is 3.29. The van der Waals surface area contributed by atoms with E-state index in [0.717, 1.165) is 45.0 Å². The lowest BCUT2D eigenvalue weighted by Gasteiger charge is -2.10. The molecule has 142 valence electrons. The molecule has 0 saturated carbocycles. The molecule has 7 heteroatoms. The first kappa shape index (κ1) is 17.4. The van der Waals surface area contributed by atoms with Crippen molar-refractivity contribution in [1.29, 1.82) is 0 Å². The number of hydrogen-bond acceptors (Lipinski definition) is 5. The second kappa shape index (κ2) is 7.03. The number of imidazole rings is 1. The SMILES string of the molecule is O=c1[nH]c(O)c(-c2ccc(Cn3c(-c4ccccn4)nc4ccccc43)cc2)s1. The molecule has 0 atom stereocenters. The van der Waals surface area contributed by atoms with E-state index < -0.39 is 0 Å². The lowest BCUT2D eigenvalue weighted by atomic mass is 10.1. The van der Waals surface area contributed by atoms with Gasteiger partial charge in [-0.1, -0.05) is 53.8 Å². The summed E-state index contributed by atoms with van der Waals surface area (Å²) in [5.41, 5.74) is 4.67. The van der Waals surface area contributed by atoms with Crippen LogP contribution < -0.4 is 4.87 Å². The molecule has 0 aliphatic heterocycles. The van der Waals surface area contributed by atoms with Crippen LogP contribution >= 0.6 is 11.3 Å². The number of nitrogens with zero attached hydrogens (tertiary/aromatic N) is 3. The van der Waals surface area contributed by atoms with E-state index in [4.69, 9.17) is 4.98 Å². The Labute approximate surface area is 169 Å². The number of H-pyrrole nitrogens is 1. The Balaban J connectivity index is 1.55. The maximum absolute atomic E-state index is 11.4. The van der Waals surface area contributed by atoms with Gasteiger partial charge in [-0.3, -0.25) is 14.8 Å². The van der Waals surface area contributed by atoms with Gasteiger partial charge in [0.05, 0.1) is 15.9 Å². The highest BCUT2D eigenvalue weighted by Crippen LogP contribution is 2.30. The van der Waals surface area contributed by atoms with Crippen LogP contribution in [-0.2, 0) is 6.54 Å². The van der Waals surface area contributed by atoms with E-state index in [1.807, 2.05) is 60.7 Å². The number of rotatable bonds is 4. The molecular formula is C22H16N4O2S. The van der Waals surface area contributed by atoms with Gasteiger partial charge in [0.2, 0.25) is 5.88 Å². The van der Waals surface area contributed by atoms with Gasteiger partial charge in [-0.15, -0.1) is 0 Å². The Bertz CT molecular complexity index is 1350. The Kier molecular flexibility index (Phi) is 4.22. The fourth-order valence-corrected chi connectivity index (χ4v) is 4.12. The molecule has 29 heavy (non-hydrogen) atoms. The zero-order valence-corrected chi connectivity index (χ0v) is 16.1. The van der Waals surface area contributed by atoms with Crippen molar-refractivity contribution in [1.82, 2.24) is 19.5 Å². The highest BCUT2D eigenvalue weighted by atomic mass is 32.1. The van der Waals surface area contributed by atoms with Crippen LogP contribution in [0.5, 0.6) is 5.88 Å². The predicted molar refractivity (Wildman–Crippen MR) is 114 cm³/mol. The van der Waals surface area contributed by atoms with Crippen molar-refractivity contribution in [3.05, 3.63) is 88.2 Å². The van der Waals surface area contributed by atoms with Gasteiger partial charge in [-0.2, -0.15) is 0 Å². The summed E-state index contributed by atoms with van der Waals surface area (Å²) < 4.78 is 2.15. The number of thiazole rings is 1. The molecular weight excluding hydrogens is 384 g/mol. The van der Waals surface area contributed by atoms with Crippen molar-refractivity contribution in [2.24, 2.45) is 0 Å². The fraction of sp³-hybridized carbons (Fsp3) is 0.0455. The molecule has 0 amide bonds. The molecule has 0 fully saturated rings. The third-order valence-electron chi connectivity index (χ3n) is 4.74. The third-order valence-corrected chi connectivity index (χ3v) is 5.66. The smallest absolute Gasteiger partial charge is 0.307 e. The van der Waals surface area contributed by atoms with Gasteiger partial charge in [0.25, 0.3) is 0 Å². The summed E-state index contributed by atoms with van der Waals surface area (Å²) in [7, 11) is 0. The van der Waals surface area contributed by atoms with Crippen LogP contribution in [-0.4, -0.2) is 24.6 Å². The van der Waals surface area contributed by atoms with Crippen molar-refractivity contribution in [2.45, 2.75) is 6.54 Å². The van der Waals surface area contributed by atoms with Gasteiger partial charge in [0.15, 0.2) is 5.82 Å². The molecule has 2 aromatic carbocycles. The largest absolute Gasteiger partial charge is 0.493 e. The molecule has 5 rings (SSSR count). The molecule has 2 N–H and O–H groups in total. The molecule has 5 aromatic rings. The number of aromatic nitrogens is 4. The highest BCUT2D eigenvalue weighted by Gasteiger charge is 2.14. The number of hydrogen-bond donors (Lipinski definition) is 2. The van der Waals surface area contributed by atoms with E-state index >= 15 is 0 Å². The van der Waals surface area contributed by atoms with Crippen molar-refractivity contribution < 1.29 is 5.11 Å². The Morgan fingerprint density at radius 1 is 1.00 bits per heavy atom. The normalized spacial score (nSPS) is 11.2. The predicted octanol–water partition coefficient (Wildman–Crippen LogP) is 4.27. The second-order valence-corrected chi connectivity index (χ2v) is 7.60. The molecule has 3 aromatic heterocycles. The molecule has 3 heterocycles. The van der Waals surface area contributed by atoms with Gasteiger partial charge in [0.1, 0.15) is 5.69 Å². The first-order chi connectivity index (χ1) is 14.2. The number of nitrogens with one attached hydrogen (secondary N) is 1. The Morgan fingerprint density at radius 2 is 1.79 bits per heavy atom. The summed E-state index contributed by atoms with van der Waals surface area (Å²) in [6.45, 7) is 0.627. The Hall–Kier alpha value is -3.71. The van der Waals surface area contributed by atoms with Crippen LogP contribution in [0.1, 0.15) is 5.56 Å². The van der Waals surface area contributed by atoms with Crippen LogP contribution in [0.15, 0.2) is 77.7 Å². The summed E-state index contributed by atoms with van der Waals surface area (Å²) in [6.07, 6.45) is 1.77. The maximum Gasteiger partial charge on any atom is 0.307 e. The van der Waals surface area contributed by atoms with Gasteiger partial charge in [-0.05, 0) is 35.4 Å². The van der Waals surface area contributed by atoms with Gasteiger partial charge in [0, 0.05) is 12.7 Å². The van der Waals surface area contributed by atoms with Crippen molar-refractivity contribution in [3.8, 4) is 27.8 Å². The van der Waals surface area contributed by atoms with Gasteiger partial charge < -0.3 is 9.67 Å². The van der Waals surface area contributed by atoms with E-state index in [1.54, 1.807) is 6.20 Å². The summed E-state index contributed by atoms with van der Waals surface area (Å²) in [5.74, 6) is 0.725. The topological polar surface area (TPSA) is 83.8 Å². The van der Waals surface area contributed by atoms with Gasteiger partial charge in [-0.25, -0.2) is 4.98 Å². The van der Waals surface area contributed by atoms with Crippen LogP contribution in [0.3, 0.4) is 0 Å². The lowest BCUT2D eigenvalue weighted by Crippen LogP contribution is -2.03. The van der Waals surface area contributed by atoms with Crippen LogP contribution in [0, 0.1) is 0 Å². The number of para-hydroxylation sites is 2. The van der Waals surface area contributed by atoms with E-state index in [0.29, 0.717) is 11.4 Å². The number of aromatic amines is 1. The number of pyridine rings is 1. The van der Waals surface area contributed by atoms with Crippen molar-refractivity contribution in [2.75, 3.05) is 0 Å². The van der Waals surface area contributed by atoms with E-state index in [2.05, 4.69) is 20.6 Å². The lowest BCUT2D eigenvalue weighted by molar-refractivity contribution is 0.458.